The van der Waals surface area contributed by atoms with Gasteiger partial charge in [0.15, 0.2) is 11.6 Å². The molecule has 0 saturated carbocycles. The summed E-state index contributed by atoms with van der Waals surface area (Å²) in [6.07, 6.45) is 0. The fraction of sp³-hybridized carbons (Fsp3) is 0.188. The van der Waals surface area contributed by atoms with E-state index in [1.54, 1.807) is 30.3 Å². The molecule has 0 saturated heterocycles. The van der Waals surface area contributed by atoms with Crippen LogP contribution in [0.2, 0.25) is 0 Å². The monoisotopic (exact) mass is 305 g/mol. The van der Waals surface area contributed by atoms with Crippen LogP contribution in [0.15, 0.2) is 42.5 Å². The standard InChI is InChI=1S/C16H13F2NOS/c17-15-3-1-2-13(16(15)18)11-21-9-8-20-14-6-4-12(10-19)5-7-14/h1-7H,8-9,11H2. The zero-order valence-electron chi connectivity index (χ0n) is 11.2. The third kappa shape index (κ3) is 4.47. The summed E-state index contributed by atoms with van der Waals surface area (Å²) >= 11 is 1.47. The summed E-state index contributed by atoms with van der Waals surface area (Å²) in [6.45, 7) is 0.466. The minimum atomic E-state index is -0.818. The maximum atomic E-state index is 13.4. The molecule has 0 aliphatic carbocycles. The van der Waals surface area contributed by atoms with Crippen molar-refractivity contribution in [3.05, 3.63) is 65.2 Å². The molecule has 0 unspecified atom stereocenters. The van der Waals surface area contributed by atoms with Gasteiger partial charge in [0.2, 0.25) is 0 Å². The number of benzene rings is 2. The molecule has 0 spiro atoms. The number of nitrogens with zero attached hydrogens (tertiary/aromatic N) is 1. The van der Waals surface area contributed by atoms with Crippen LogP contribution >= 0.6 is 11.8 Å². The van der Waals surface area contributed by atoms with Crippen LogP contribution in [0.1, 0.15) is 11.1 Å². The third-order valence-electron chi connectivity index (χ3n) is 2.77. The first-order valence-corrected chi connectivity index (χ1v) is 7.50. The molecule has 0 heterocycles. The van der Waals surface area contributed by atoms with E-state index in [2.05, 4.69) is 0 Å². The molecule has 108 valence electrons. The molecule has 0 aliphatic heterocycles. The van der Waals surface area contributed by atoms with E-state index >= 15 is 0 Å². The SMILES string of the molecule is N#Cc1ccc(OCCSCc2cccc(F)c2F)cc1. The smallest absolute Gasteiger partial charge is 0.162 e. The summed E-state index contributed by atoms with van der Waals surface area (Å²) in [4.78, 5) is 0. The molecular formula is C16H13F2NOS. The molecule has 2 aromatic carbocycles. The largest absolute Gasteiger partial charge is 0.493 e. The average molecular weight is 305 g/mol. The summed E-state index contributed by atoms with van der Waals surface area (Å²) in [5.41, 5.74) is 0.941. The highest BCUT2D eigenvalue weighted by molar-refractivity contribution is 7.98. The first-order valence-electron chi connectivity index (χ1n) is 6.34. The Morgan fingerprint density at radius 2 is 1.86 bits per heavy atom. The van der Waals surface area contributed by atoms with E-state index in [1.165, 1.54) is 17.8 Å². The van der Waals surface area contributed by atoms with E-state index in [-0.39, 0.29) is 0 Å². The van der Waals surface area contributed by atoms with Gasteiger partial charge in [0.25, 0.3) is 0 Å². The van der Waals surface area contributed by atoms with Crippen LogP contribution in [-0.4, -0.2) is 12.4 Å². The predicted octanol–water partition coefficient (Wildman–Crippen LogP) is 4.15. The van der Waals surface area contributed by atoms with Crippen LogP contribution in [0.3, 0.4) is 0 Å². The van der Waals surface area contributed by atoms with E-state index in [1.807, 2.05) is 6.07 Å². The van der Waals surface area contributed by atoms with Gasteiger partial charge in [-0.25, -0.2) is 8.78 Å². The molecule has 0 bridgehead atoms. The van der Waals surface area contributed by atoms with Crippen molar-refractivity contribution in [3.63, 3.8) is 0 Å². The van der Waals surface area contributed by atoms with E-state index in [0.29, 0.717) is 35.0 Å². The zero-order chi connectivity index (χ0) is 15.1. The van der Waals surface area contributed by atoms with Crippen LogP contribution in [0, 0.1) is 23.0 Å². The quantitative estimate of drug-likeness (QED) is 0.752. The first kappa shape index (κ1) is 15.3. The number of rotatable bonds is 6. The van der Waals surface area contributed by atoms with Crippen molar-refractivity contribution in [2.45, 2.75) is 5.75 Å². The highest BCUT2D eigenvalue weighted by atomic mass is 32.2. The van der Waals surface area contributed by atoms with Crippen LogP contribution in [0.25, 0.3) is 0 Å². The molecule has 0 fully saturated rings. The van der Waals surface area contributed by atoms with Crippen LogP contribution in [0.5, 0.6) is 5.75 Å². The molecule has 0 amide bonds. The van der Waals surface area contributed by atoms with Gasteiger partial charge in [-0.15, -0.1) is 0 Å². The van der Waals surface area contributed by atoms with Crippen molar-refractivity contribution >= 4 is 11.8 Å². The van der Waals surface area contributed by atoms with Crippen molar-refractivity contribution in [1.29, 1.82) is 5.26 Å². The third-order valence-corrected chi connectivity index (χ3v) is 3.74. The summed E-state index contributed by atoms with van der Waals surface area (Å²) in [5.74, 6) is 0.155. The van der Waals surface area contributed by atoms with E-state index in [0.717, 1.165) is 6.07 Å². The molecule has 21 heavy (non-hydrogen) atoms. The maximum absolute atomic E-state index is 13.4. The number of nitriles is 1. The molecule has 2 aromatic rings. The molecule has 2 nitrogen and oxygen atoms in total. The van der Waals surface area contributed by atoms with Gasteiger partial charge < -0.3 is 4.74 Å². The lowest BCUT2D eigenvalue weighted by Crippen LogP contribution is -2.01. The van der Waals surface area contributed by atoms with E-state index < -0.39 is 11.6 Å². The second-order valence-corrected chi connectivity index (χ2v) is 5.36. The average Bonchev–Trinajstić information content (AvgIpc) is 2.51. The Kier molecular flexibility index (Phi) is 5.59. The maximum Gasteiger partial charge on any atom is 0.162 e. The number of thioether (sulfide) groups is 1. The Morgan fingerprint density at radius 3 is 2.57 bits per heavy atom. The lowest BCUT2D eigenvalue weighted by molar-refractivity contribution is 0.344. The Hall–Kier alpha value is -2.06. The molecule has 0 aromatic heterocycles. The van der Waals surface area contributed by atoms with Gasteiger partial charge in [-0.1, -0.05) is 12.1 Å². The van der Waals surface area contributed by atoms with Gasteiger partial charge in [-0.3, -0.25) is 0 Å². The minimum absolute atomic E-state index is 0.360. The van der Waals surface area contributed by atoms with Gasteiger partial charge >= 0.3 is 0 Å². The van der Waals surface area contributed by atoms with Crippen molar-refractivity contribution in [2.24, 2.45) is 0 Å². The Labute approximate surface area is 126 Å². The number of hydrogen-bond acceptors (Lipinski definition) is 3. The normalized spacial score (nSPS) is 10.1. The molecule has 0 aliphatic rings. The number of ether oxygens (including phenoxy) is 1. The molecule has 0 radical (unpaired) electrons. The fourth-order valence-electron chi connectivity index (χ4n) is 1.69. The summed E-state index contributed by atoms with van der Waals surface area (Å²) in [7, 11) is 0. The van der Waals surface area contributed by atoms with Gasteiger partial charge in [0.05, 0.1) is 18.2 Å². The Balaban J connectivity index is 1.72. The van der Waals surface area contributed by atoms with Crippen LogP contribution in [-0.2, 0) is 5.75 Å². The Bertz CT molecular complexity index is 638. The second kappa shape index (κ2) is 7.65. The van der Waals surface area contributed by atoms with Gasteiger partial charge in [0, 0.05) is 17.1 Å². The van der Waals surface area contributed by atoms with Crippen molar-refractivity contribution < 1.29 is 13.5 Å². The highest BCUT2D eigenvalue weighted by Gasteiger charge is 2.07. The highest BCUT2D eigenvalue weighted by Crippen LogP contribution is 2.18. The summed E-state index contributed by atoms with van der Waals surface area (Å²) in [6, 6.07) is 13.1. The molecule has 0 N–H and O–H groups in total. The Morgan fingerprint density at radius 1 is 1.10 bits per heavy atom. The zero-order valence-corrected chi connectivity index (χ0v) is 12.0. The van der Waals surface area contributed by atoms with Crippen LogP contribution in [0.4, 0.5) is 8.78 Å². The summed E-state index contributed by atoms with van der Waals surface area (Å²) < 4.78 is 31.9. The molecule has 0 atom stereocenters. The lowest BCUT2D eigenvalue weighted by atomic mass is 10.2. The van der Waals surface area contributed by atoms with Crippen molar-refractivity contribution in [3.8, 4) is 11.8 Å². The van der Waals surface area contributed by atoms with Gasteiger partial charge in [0.1, 0.15) is 5.75 Å². The number of hydrogen-bond donors (Lipinski definition) is 0. The molecular weight excluding hydrogens is 292 g/mol. The lowest BCUT2D eigenvalue weighted by Gasteiger charge is -2.07. The van der Waals surface area contributed by atoms with Crippen molar-refractivity contribution in [1.82, 2.24) is 0 Å². The number of halogens is 2. The van der Waals surface area contributed by atoms with Gasteiger partial charge in [-0.05, 0) is 30.3 Å². The van der Waals surface area contributed by atoms with E-state index in [4.69, 9.17) is 10.00 Å². The van der Waals surface area contributed by atoms with Crippen molar-refractivity contribution in [2.75, 3.05) is 12.4 Å². The molecule has 2 rings (SSSR count). The fourth-order valence-corrected chi connectivity index (χ4v) is 2.47. The second-order valence-electron chi connectivity index (χ2n) is 4.25. The van der Waals surface area contributed by atoms with Crippen LogP contribution < -0.4 is 4.74 Å². The van der Waals surface area contributed by atoms with E-state index in [9.17, 15) is 8.78 Å². The predicted molar refractivity (Wildman–Crippen MR) is 79.2 cm³/mol. The minimum Gasteiger partial charge on any atom is -0.493 e. The first-order chi connectivity index (χ1) is 10.2. The summed E-state index contributed by atoms with van der Waals surface area (Å²) in [5, 5.41) is 8.67. The topological polar surface area (TPSA) is 33.0 Å². The van der Waals surface area contributed by atoms with Gasteiger partial charge in [-0.2, -0.15) is 17.0 Å². The molecule has 5 heteroatoms.